The van der Waals surface area contributed by atoms with Gasteiger partial charge in [-0.15, -0.1) is 0 Å². The van der Waals surface area contributed by atoms with E-state index in [4.69, 9.17) is 23.1 Å². The number of aromatic nitrogens is 2. The van der Waals surface area contributed by atoms with Crippen molar-refractivity contribution in [3.05, 3.63) is 46.8 Å². The Morgan fingerprint density at radius 3 is 2.65 bits per heavy atom. The monoisotopic (exact) mass is 342 g/mol. The molecule has 0 atom stereocenters. The molecule has 8 heteroatoms. The van der Waals surface area contributed by atoms with Crippen LogP contribution in [0.4, 0.5) is 13.2 Å². The highest BCUT2D eigenvalue weighted by Gasteiger charge is 2.29. The molecule has 122 valence electrons. The maximum absolute atomic E-state index is 13.7. The molecule has 1 aromatic heterocycles. The van der Waals surface area contributed by atoms with E-state index in [1.165, 1.54) is 12.1 Å². The largest absolute Gasteiger partial charge is 0.404 e. The second-order valence-electron chi connectivity index (χ2n) is 5.36. The molecule has 3 rings (SSSR count). The fourth-order valence-corrected chi connectivity index (χ4v) is 2.58. The van der Waals surface area contributed by atoms with E-state index in [1.54, 1.807) is 0 Å². The number of halogens is 4. The zero-order chi connectivity index (χ0) is 16.7. The molecule has 1 fully saturated rings. The van der Waals surface area contributed by atoms with Crippen LogP contribution in [0.5, 0.6) is 0 Å². The number of alkyl halides is 2. The van der Waals surface area contributed by atoms with Gasteiger partial charge in [-0.25, -0.2) is 18.2 Å². The van der Waals surface area contributed by atoms with Crippen LogP contribution in [0.25, 0.3) is 16.6 Å². The van der Waals surface area contributed by atoms with E-state index in [0.29, 0.717) is 16.9 Å². The predicted molar refractivity (Wildman–Crippen MR) is 83.4 cm³/mol. The normalized spacial score (nSPS) is 16.6. The average Bonchev–Trinajstić information content (AvgIpc) is 3.27. The molecule has 1 aliphatic rings. The lowest BCUT2D eigenvalue weighted by Crippen LogP contribution is -2.09. The molecule has 1 aromatic carbocycles. The van der Waals surface area contributed by atoms with Crippen molar-refractivity contribution in [2.45, 2.75) is 25.3 Å². The number of imidazole rings is 1. The fraction of sp³-hybridized carbons (Fsp3) is 0.267. The molecule has 0 amide bonds. The number of allylic oxidation sites excluding steroid dienone is 3. The van der Waals surface area contributed by atoms with Crippen molar-refractivity contribution in [1.29, 1.82) is 0 Å². The molecule has 0 aliphatic heterocycles. The van der Waals surface area contributed by atoms with Crippen molar-refractivity contribution in [3.8, 4) is 0 Å². The third-order valence-corrected chi connectivity index (χ3v) is 3.95. The first kappa shape index (κ1) is 15.7. The maximum atomic E-state index is 13.7. The summed E-state index contributed by atoms with van der Waals surface area (Å²) in [7, 11) is 0. The summed E-state index contributed by atoms with van der Waals surface area (Å²) < 4.78 is 40.8. The summed E-state index contributed by atoms with van der Waals surface area (Å²) in [5.74, 6) is -0.220. The molecule has 1 aliphatic carbocycles. The minimum absolute atomic E-state index is 0.0215. The van der Waals surface area contributed by atoms with Crippen molar-refractivity contribution >= 4 is 28.2 Å². The van der Waals surface area contributed by atoms with Gasteiger partial charge in [-0.3, -0.25) is 0 Å². The van der Waals surface area contributed by atoms with Gasteiger partial charge in [0.05, 0.1) is 21.8 Å². The van der Waals surface area contributed by atoms with Crippen LogP contribution in [0.1, 0.15) is 24.7 Å². The van der Waals surface area contributed by atoms with E-state index in [0.717, 1.165) is 25.1 Å². The second kappa shape index (κ2) is 5.81. The number of hydrogen-bond donors (Lipinski definition) is 2. The Kier molecular flexibility index (Phi) is 3.97. The summed E-state index contributed by atoms with van der Waals surface area (Å²) in [6.07, 6.45) is 1.28. The smallest absolute Gasteiger partial charge is 0.277 e. The van der Waals surface area contributed by atoms with Crippen LogP contribution in [0, 0.1) is 5.82 Å². The topological polar surface area (TPSA) is 69.9 Å². The number of hydrogen-bond acceptors (Lipinski definition) is 3. The molecule has 0 saturated heterocycles. The molecule has 0 radical (unpaired) electrons. The van der Waals surface area contributed by atoms with Gasteiger partial charge < -0.3 is 16.0 Å². The van der Waals surface area contributed by atoms with E-state index in [-0.39, 0.29) is 16.6 Å². The van der Waals surface area contributed by atoms with Crippen LogP contribution >= 0.6 is 11.6 Å². The molecule has 23 heavy (non-hydrogen) atoms. The van der Waals surface area contributed by atoms with Crippen LogP contribution in [0.2, 0.25) is 5.02 Å². The first-order valence-electron chi connectivity index (χ1n) is 6.96. The summed E-state index contributed by atoms with van der Waals surface area (Å²) in [4.78, 5) is 4.33. The zero-order valence-corrected chi connectivity index (χ0v) is 12.7. The fourth-order valence-electron chi connectivity index (χ4n) is 2.43. The van der Waals surface area contributed by atoms with Crippen LogP contribution in [0.15, 0.2) is 30.1 Å². The number of nitrogens with two attached hydrogens (primary N) is 2. The summed E-state index contributed by atoms with van der Waals surface area (Å²) in [6, 6.07) is 2.86. The molecule has 1 saturated carbocycles. The Hall–Kier alpha value is -2.15. The van der Waals surface area contributed by atoms with Gasteiger partial charge in [-0.1, -0.05) is 11.6 Å². The lowest BCUT2D eigenvalue weighted by atomic mass is 10.2. The molecule has 2 aromatic rings. The van der Waals surface area contributed by atoms with E-state index in [2.05, 4.69) is 4.98 Å². The van der Waals surface area contributed by atoms with Gasteiger partial charge in [0.15, 0.2) is 0 Å². The first-order chi connectivity index (χ1) is 10.9. The van der Waals surface area contributed by atoms with E-state index >= 15 is 0 Å². The highest BCUT2D eigenvalue weighted by Crippen LogP contribution is 2.41. The Balaban J connectivity index is 2.20. The quantitative estimate of drug-likeness (QED) is 0.834. The second-order valence-corrected chi connectivity index (χ2v) is 5.77. The average molecular weight is 343 g/mol. The minimum atomic E-state index is -2.80. The van der Waals surface area contributed by atoms with Crippen molar-refractivity contribution in [1.82, 2.24) is 9.55 Å². The molecular weight excluding hydrogens is 329 g/mol. The minimum Gasteiger partial charge on any atom is -0.404 e. The Bertz CT molecular complexity index is 822. The summed E-state index contributed by atoms with van der Waals surface area (Å²) in [5.41, 5.74) is 11.5. The Labute approximate surface area is 135 Å². The molecule has 0 unspecified atom stereocenters. The lowest BCUT2D eigenvalue weighted by Gasteiger charge is -2.09. The van der Waals surface area contributed by atoms with Crippen LogP contribution in [-0.2, 0) is 0 Å². The Morgan fingerprint density at radius 1 is 1.39 bits per heavy atom. The van der Waals surface area contributed by atoms with Crippen molar-refractivity contribution in [3.63, 3.8) is 0 Å². The molecule has 4 nitrogen and oxygen atoms in total. The number of benzene rings is 1. The van der Waals surface area contributed by atoms with Gasteiger partial charge in [-0.05, 0) is 25.0 Å². The maximum Gasteiger partial charge on any atom is 0.277 e. The standard InChI is InChI=1S/C15H14ClF3N4/c16-9-4-13-12(5-10(9)17)22-15(23(13)8-1-2-8)7(6-20)3-11(21)14(18)19/h3-6,8,14H,1-2,20-21H2/b7-6+,11-3-. The molecule has 0 spiro atoms. The summed E-state index contributed by atoms with van der Waals surface area (Å²) in [6.45, 7) is 0. The third-order valence-electron chi connectivity index (χ3n) is 3.66. The van der Waals surface area contributed by atoms with E-state index in [1.807, 2.05) is 4.57 Å². The van der Waals surface area contributed by atoms with Crippen LogP contribution in [-0.4, -0.2) is 16.0 Å². The number of fused-ring (bicyclic) bond motifs is 1. The molecular formula is C15H14ClF3N4. The van der Waals surface area contributed by atoms with Gasteiger partial charge in [0, 0.05) is 23.9 Å². The van der Waals surface area contributed by atoms with Gasteiger partial charge in [0.25, 0.3) is 6.43 Å². The van der Waals surface area contributed by atoms with Gasteiger partial charge in [0.1, 0.15) is 11.6 Å². The summed E-state index contributed by atoms with van der Waals surface area (Å²) in [5, 5.41) is -0.0215. The number of nitrogens with zero attached hydrogens (tertiary/aromatic N) is 2. The molecule has 1 heterocycles. The third kappa shape index (κ3) is 2.88. The zero-order valence-electron chi connectivity index (χ0n) is 11.9. The molecule has 4 N–H and O–H groups in total. The first-order valence-corrected chi connectivity index (χ1v) is 7.34. The highest BCUT2D eigenvalue weighted by molar-refractivity contribution is 6.31. The van der Waals surface area contributed by atoms with Crippen molar-refractivity contribution < 1.29 is 13.2 Å². The highest BCUT2D eigenvalue weighted by atomic mass is 35.5. The predicted octanol–water partition coefficient (Wildman–Crippen LogP) is 3.57. The Morgan fingerprint density at radius 2 is 2.09 bits per heavy atom. The van der Waals surface area contributed by atoms with Crippen molar-refractivity contribution in [2.75, 3.05) is 0 Å². The van der Waals surface area contributed by atoms with Gasteiger partial charge in [0.2, 0.25) is 0 Å². The molecule has 0 bridgehead atoms. The van der Waals surface area contributed by atoms with E-state index in [9.17, 15) is 13.2 Å². The van der Waals surface area contributed by atoms with Gasteiger partial charge >= 0.3 is 0 Å². The SMILES string of the molecule is N/C=C(\C=C(/N)C(F)F)c1nc2cc(F)c(Cl)cc2n1C1CC1. The van der Waals surface area contributed by atoms with E-state index < -0.39 is 17.9 Å². The van der Waals surface area contributed by atoms with Gasteiger partial charge in [-0.2, -0.15) is 0 Å². The van der Waals surface area contributed by atoms with Crippen LogP contribution in [0.3, 0.4) is 0 Å². The van der Waals surface area contributed by atoms with Crippen molar-refractivity contribution in [2.24, 2.45) is 11.5 Å². The lowest BCUT2D eigenvalue weighted by molar-refractivity contribution is 0.188. The summed E-state index contributed by atoms with van der Waals surface area (Å²) >= 11 is 5.85. The number of rotatable bonds is 4. The van der Waals surface area contributed by atoms with Crippen LogP contribution < -0.4 is 11.5 Å².